The molecule has 20 heteroatoms. The van der Waals surface area contributed by atoms with E-state index >= 15 is 0 Å². The number of fused-ring (bicyclic) bond motifs is 1. The van der Waals surface area contributed by atoms with Crippen LogP contribution in [0.1, 0.15) is 56.9 Å². The van der Waals surface area contributed by atoms with E-state index < -0.39 is 77.8 Å². The molecule has 0 aliphatic carbocycles. The van der Waals surface area contributed by atoms with Gasteiger partial charge in [-0.3, -0.25) is 28.8 Å². The van der Waals surface area contributed by atoms with Crippen molar-refractivity contribution in [1.29, 1.82) is 0 Å². The van der Waals surface area contributed by atoms with Gasteiger partial charge in [-0.2, -0.15) is 11.8 Å². The van der Waals surface area contributed by atoms with Crippen LogP contribution in [0.5, 0.6) is 0 Å². The lowest BCUT2D eigenvalue weighted by atomic mass is 10.0. The van der Waals surface area contributed by atoms with Gasteiger partial charge < -0.3 is 57.9 Å². The number of carboxylic acids is 1. The number of nitrogens with zero attached hydrogens (tertiary/aromatic N) is 1. The van der Waals surface area contributed by atoms with Crippen molar-refractivity contribution in [1.82, 2.24) is 41.5 Å². The van der Waals surface area contributed by atoms with Gasteiger partial charge >= 0.3 is 12.1 Å². The molecule has 4 rings (SSSR count). The van der Waals surface area contributed by atoms with Gasteiger partial charge in [-0.25, -0.2) is 9.78 Å². The number of imidazole rings is 1. The maximum absolute atomic E-state index is 13.9. The second-order valence-corrected chi connectivity index (χ2v) is 16.1. The molecule has 0 bridgehead atoms. The molecule has 4 atom stereocenters. The molecule has 0 unspecified atom stereocenters. The standard InChI is InChI=1S/C37H49N7O9S.C5H9N3/c1-37(2,3)53-36(52)39-16-14-30(45)41-28(19-23-21-40-25-13-9-8-12-24(23)25)34(50)42-26(15-17-54-4)33(49)44-29(20-31(46)47)35(51)43-27(32(38)48)18-22-10-6-5-7-11-22;6-2-1-5-3-7-4-8-5/h5-13,21,26-29,40H,14-20H2,1-4H3,(H2,38,48)(H,39,52)(H,41,45)(H,42,50)(H,43,51)(H,44,49)(H,46,47);3-4H,1-2,6H2,(H,7,8)/t26-,27-,28-,29-;/m0./s1. The molecule has 0 spiro atoms. The Kier molecular flexibility index (Phi) is 20.4. The van der Waals surface area contributed by atoms with E-state index in [1.54, 1.807) is 76.1 Å². The highest BCUT2D eigenvalue weighted by Crippen LogP contribution is 2.19. The first-order valence-electron chi connectivity index (χ1n) is 19.9. The maximum atomic E-state index is 13.9. The number of nitrogens with one attached hydrogen (secondary N) is 7. The third-order valence-electron chi connectivity index (χ3n) is 8.94. The number of hydrogen-bond acceptors (Lipinski definition) is 11. The van der Waals surface area contributed by atoms with Crippen LogP contribution in [0.3, 0.4) is 0 Å². The first kappa shape index (κ1) is 49.9. The number of aliphatic carboxylic acids is 1. The molecule has 0 aliphatic rings. The lowest BCUT2D eigenvalue weighted by Crippen LogP contribution is -2.59. The molecule has 0 saturated heterocycles. The summed E-state index contributed by atoms with van der Waals surface area (Å²) in [5.41, 5.74) is 13.4. The van der Waals surface area contributed by atoms with Gasteiger partial charge in [0, 0.05) is 61.2 Å². The Morgan fingerprint density at radius 2 is 1.48 bits per heavy atom. The number of nitrogens with two attached hydrogens (primary N) is 2. The smallest absolute Gasteiger partial charge is 0.407 e. The number of aromatic amines is 2. The highest BCUT2D eigenvalue weighted by Gasteiger charge is 2.32. The second-order valence-electron chi connectivity index (χ2n) is 15.1. The summed E-state index contributed by atoms with van der Waals surface area (Å²) in [6.07, 6.45) is 6.26. The van der Waals surface area contributed by atoms with Crippen LogP contribution < -0.4 is 38.1 Å². The van der Waals surface area contributed by atoms with Gasteiger partial charge in [0.15, 0.2) is 0 Å². The van der Waals surface area contributed by atoms with Gasteiger partial charge in [0.1, 0.15) is 29.8 Å². The maximum Gasteiger partial charge on any atom is 0.407 e. The van der Waals surface area contributed by atoms with Crippen molar-refractivity contribution in [3.05, 3.63) is 90.1 Å². The molecule has 336 valence electrons. The number of amides is 6. The molecule has 2 aromatic heterocycles. The molecule has 62 heavy (non-hydrogen) atoms. The minimum absolute atomic E-state index is 0.0257. The predicted octanol–water partition coefficient (Wildman–Crippen LogP) is 1.43. The summed E-state index contributed by atoms with van der Waals surface area (Å²) in [6.45, 7) is 5.71. The lowest BCUT2D eigenvalue weighted by Gasteiger charge is -2.26. The van der Waals surface area contributed by atoms with Crippen LogP contribution in [0.15, 0.2) is 73.3 Å². The number of hydrogen-bond donors (Lipinski definition) is 10. The zero-order chi connectivity index (χ0) is 45.7. The van der Waals surface area contributed by atoms with E-state index in [1.165, 1.54) is 11.8 Å². The Morgan fingerprint density at radius 1 is 0.839 bits per heavy atom. The Bertz CT molecular complexity index is 2070. The highest BCUT2D eigenvalue weighted by molar-refractivity contribution is 7.98. The van der Waals surface area contributed by atoms with Gasteiger partial charge in [0.05, 0.1) is 12.7 Å². The number of thioether (sulfide) groups is 1. The van der Waals surface area contributed by atoms with E-state index in [-0.39, 0.29) is 32.2 Å². The van der Waals surface area contributed by atoms with Crippen LogP contribution >= 0.6 is 11.8 Å². The van der Waals surface area contributed by atoms with Gasteiger partial charge in [-0.15, -0.1) is 0 Å². The molecule has 4 aromatic rings. The first-order chi connectivity index (χ1) is 29.5. The number of H-pyrrole nitrogens is 2. The number of rotatable bonds is 22. The Morgan fingerprint density at radius 3 is 2.11 bits per heavy atom. The number of ether oxygens (including phenoxy) is 1. The van der Waals surface area contributed by atoms with Crippen molar-refractivity contribution < 1.29 is 43.4 Å². The number of carbonyl (C=O) groups is 7. The van der Waals surface area contributed by atoms with Crippen LogP contribution in [0.4, 0.5) is 4.79 Å². The fourth-order valence-corrected chi connectivity index (χ4v) is 6.41. The molecule has 0 radical (unpaired) electrons. The summed E-state index contributed by atoms with van der Waals surface area (Å²) in [6, 6.07) is 10.8. The van der Waals surface area contributed by atoms with Crippen molar-refractivity contribution in [3.8, 4) is 0 Å². The number of carboxylic acid groups (broad SMARTS) is 1. The van der Waals surface area contributed by atoms with E-state index in [9.17, 15) is 38.7 Å². The summed E-state index contributed by atoms with van der Waals surface area (Å²) in [5.74, 6) is -4.95. The molecule has 0 fully saturated rings. The average Bonchev–Trinajstić information content (AvgIpc) is 3.88. The number of para-hydroxylation sites is 1. The third-order valence-corrected chi connectivity index (χ3v) is 9.58. The van der Waals surface area contributed by atoms with E-state index in [2.05, 4.69) is 41.5 Å². The summed E-state index contributed by atoms with van der Waals surface area (Å²) in [7, 11) is 0. The van der Waals surface area contributed by atoms with E-state index in [1.807, 2.05) is 24.3 Å². The van der Waals surface area contributed by atoms with Crippen LogP contribution in [-0.4, -0.2) is 117 Å². The highest BCUT2D eigenvalue weighted by atomic mass is 32.2. The van der Waals surface area contributed by atoms with Crippen molar-refractivity contribution in [3.63, 3.8) is 0 Å². The van der Waals surface area contributed by atoms with Gasteiger partial charge in [-0.05, 0) is 62.9 Å². The summed E-state index contributed by atoms with van der Waals surface area (Å²) >= 11 is 1.39. The van der Waals surface area contributed by atoms with Crippen LogP contribution in [0.2, 0.25) is 0 Å². The zero-order valence-electron chi connectivity index (χ0n) is 35.3. The lowest BCUT2D eigenvalue weighted by molar-refractivity contribution is -0.141. The molecule has 19 nitrogen and oxygen atoms in total. The minimum Gasteiger partial charge on any atom is -0.481 e. The molecule has 2 heterocycles. The number of alkyl carbamates (subject to hydrolysis) is 1. The summed E-state index contributed by atoms with van der Waals surface area (Å²) in [5, 5.41) is 23.1. The number of benzene rings is 2. The van der Waals surface area contributed by atoms with E-state index in [0.29, 0.717) is 23.4 Å². The van der Waals surface area contributed by atoms with Crippen LogP contribution in [-0.2, 0) is 52.8 Å². The van der Waals surface area contributed by atoms with Gasteiger partial charge in [0.25, 0.3) is 0 Å². The van der Waals surface area contributed by atoms with Crippen LogP contribution in [0.25, 0.3) is 10.9 Å². The summed E-state index contributed by atoms with van der Waals surface area (Å²) < 4.78 is 5.20. The molecule has 12 N–H and O–H groups in total. The number of carbonyl (C=O) groups excluding carboxylic acids is 6. The zero-order valence-corrected chi connectivity index (χ0v) is 36.1. The fraction of sp³-hybridized carbons (Fsp3) is 0.429. The number of aromatic nitrogens is 3. The van der Waals surface area contributed by atoms with Crippen molar-refractivity contribution >= 4 is 64.3 Å². The molecular weight excluding hydrogens is 821 g/mol. The fourth-order valence-electron chi connectivity index (χ4n) is 5.94. The molecule has 6 amide bonds. The van der Waals surface area contributed by atoms with Crippen LogP contribution in [0, 0.1) is 0 Å². The monoisotopic (exact) mass is 878 g/mol. The second kappa shape index (κ2) is 25.4. The molecule has 0 saturated carbocycles. The normalized spacial score (nSPS) is 12.9. The molecule has 2 aromatic carbocycles. The van der Waals surface area contributed by atoms with Crippen molar-refractivity contribution in [2.75, 3.05) is 25.1 Å². The minimum atomic E-state index is -1.62. The van der Waals surface area contributed by atoms with Gasteiger partial charge in [0.2, 0.25) is 29.5 Å². The predicted molar refractivity (Wildman–Crippen MR) is 235 cm³/mol. The van der Waals surface area contributed by atoms with Gasteiger partial charge in [-0.1, -0.05) is 48.5 Å². The average molecular weight is 879 g/mol. The summed E-state index contributed by atoms with van der Waals surface area (Å²) in [4.78, 5) is 99.9. The quantitative estimate of drug-likeness (QED) is 0.0537. The first-order valence-corrected chi connectivity index (χ1v) is 21.3. The van der Waals surface area contributed by atoms with Crippen molar-refractivity contribution in [2.24, 2.45) is 11.5 Å². The Labute approximate surface area is 364 Å². The molecule has 0 aliphatic heterocycles. The van der Waals surface area contributed by atoms with Crippen molar-refractivity contribution in [2.45, 2.75) is 89.1 Å². The number of primary amides is 1. The van der Waals surface area contributed by atoms with E-state index in [0.717, 1.165) is 23.0 Å². The Hall–Kier alpha value is -6.41. The largest absolute Gasteiger partial charge is 0.481 e. The Balaban J connectivity index is 0.00000114. The SMILES string of the molecule is CSCC[C@H](NC(=O)[C@H](Cc1c[nH]c2ccccc12)NC(=O)CCNC(=O)OC(C)(C)C)C(=O)N[C@@H](CC(=O)O)C(=O)N[C@@H](Cc1ccccc1)C(N)=O.NCCc1cnc[nH]1. The molecular formula is C42H58N10O9S. The topological polar surface area (TPSA) is 306 Å². The van der Waals surface area contributed by atoms with E-state index in [4.69, 9.17) is 16.2 Å². The third kappa shape index (κ3) is 18.1.